The Morgan fingerprint density at radius 3 is 2.27 bits per heavy atom. The van der Waals surface area contributed by atoms with E-state index >= 15 is 0 Å². The number of benzene rings is 2. The predicted octanol–water partition coefficient (Wildman–Crippen LogP) is 3.82. The molecule has 2 aromatic carbocycles. The fraction of sp³-hybridized carbons (Fsp3) is 0.188. The largest absolute Gasteiger partial charge is 0.351 e. The lowest BCUT2D eigenvalue weighted by Crippen LogP contribution is -2.27. The number of amides is 1. The van der Waals surface area contributed by atoms with Crippen LogP contribution in [0.1, 0.15) is 15.9 Å². The highest BCUT2D eigenvalue weighted by molar-refractivity contribution is 7.98. The second-order valence-corrected chi connectivity index (χ2v) is 6.67. The van der Waals surface area contributed by atoms with Crippen LogP contribution in [0.4, 0.5) is 11.4 Å². The Hall–Kier alpha value is -2.65. The van der Waals surface area contributed by atoms with Crippen LogP contribution in [0.25, 0.3) is 0 Å². The van der Waals surface area contributed by atoms with Crippen molar-refractivity contribution in [2.24, 2.45) is 0 Å². The van der Waals surface area contributed by atoms with Crippen LogP contribution in [-0.4, -0.2) is 28.1 Å². The topological polar surface area (TPSA) is 115 Å². The molecule has 2 rings (SSSR count). The van der Waals surface area contributed by atoms with Crippen LogP contribution < -0.4 is 5.32 Å². The predicted molar refractivity (Wildman–Crippen MR) is 99.7 cm³/mol. The molecule has 1 amide bonds. The number of thioether (sulfide) groups is 1. The first-order valence-corrected chi connectivity index (χ1v) is 8.95. The third-order valence-electron chi connectivity index (χ3n) is 3.33. The second-order valence-electron chi connectivity index (χ2n) is 5.12. The maximum absolute atomic E-state index is 12.2. The Bertz CT molecular complexity index is 814. The Kier molecular flexibility index (Phi) is 6.93. The molecular weight excluding hydrogens is 382 g/mol. The monoisotopic (exact) mass is 395 g/mol. The van der Waals surface area contributed by atoms with Crippen LogP contribution in [0.3, 0.4) is 0 Å². The van der Waals surface area contributed by atoms with Gasteiger partial charge in [-0.05, 0) is 23.8 Å². The summed E-state index contributed by atoms with van der Waals surface area (Å²) in [6.45, 7) is 0.216. The second kappa shape index (κ2) is 9.16. The normalized spacial score (nSPS) is 10.3. The van der Waals surface area contributed by atoms with E-state index in [1.165, 1.54) is 17.8 Å². The van der Waals surface area contributed by atoms with Crippen LogP contribution >= 0.6 is 23.4 Å². The van der Waals surface area contributed by atoms with Gasteiger partial charge in [-0.25, -0.2) is 0 Å². The van der Waals surface area contributed by atoms with Crippen LogP contribution in [0.15, 0.2) is 42.5 Å². The molecule has 0 fully saturated rings. The fourth-order valence-electron chi connectivity index (χ4n) is 2.21. The van der Waals surface area contributed by atoms with Gasteiger partial charge >= 0.3 is 0 Å². The third-order valence-corrected chi connectivity index (χ3v) is 4.60. The molecule has 10 heteroatoms. The number of nitrogens with zero attached hydrogens (tertiary/aromatic N) is 2. The van der Waals surface area contributed by atoms with Crippen LogP contribution in [0, 0.1) is 20.2 Å². The molecule has 0 spiro atoms. The quantitative estimate of drug-likeness (QED) is 0.412. The minimum Gasteiger partial charge on any atom is -0.351 e. The maximum Gasteiger partial charge on any atom is 0.289 e. The first kappa shape index (κ1) is 19.7. The molecule has 0 heterocycles. The number of rotatable bonds is 8. The molecule has 0 unspecified atom stereocenters. The van der Waals surface area contributed by atoms with Crippen molar-refractivity contribution in [2.75, 3.05) is 12.3 Å². The van der Waals surface area contributed by atoms with Crippen molar-refractivity contribution in [3.05, 3.63) is 78.8 Å². The number of nitrogens with one attached hydrogen (secondary N) is 1. The van der Waals surface area contributed by atoms with E-state index in [0.29, 0.717) is 16.5 Å². The number of halogens is 1. The van der Waals surface area contributed by atoms with E-state index in [2.05, 4.69) is 5.32 Å². The summed E-state index contributed by atoms with van der Waals surface area (Å²) in [5, 5.41) is 25.2. The summed E-state index contributed by atoms with van der Waals surface area (Å²) in [7, 11) is 0. The molecular formula is C16H14ClN3O5S. The molecule has 0 radical (unpaired) electrons. The Morgan fingerprint density at radius 2 is 1.69 bits per heavy atom. The summed E-state index contributed by atoms with van der Waals surface area (Å²) < 4.78 is 0. The summed E-state index contributed by atoms with van der Waals surface area (Å²) in [6.07, 6.45) is 0. The van der Waals surface area contributed by atoms with Crippen molar-refractivity contribution in [1.29, 1.82) is 0 Å². The van der Waals surface area contributed by atoms with Gasteiger partial charge in [0.05, 0.1) is 9.85 Å². The Labute approximate surface area is 157 Å². The highest BCUT2D eigenvalue weighted by Crippen LogP contribution is 2.27. The van der Waals surface area contributed by atoms with Crippen molar-refractivity contribution in [2.45, 2.75) is 5.75 Å². The molecule has 0 aliphatic carbocycles. The van der Waals surface area contributed by atoms with Gasteiger partial charge < -0.3 is 5.32 Å². The van der Waals surface area contributed by atoms with Crippen molar-refractivity contribution >= 4 is 40.6 Å². The van der Waals surface area contributed by atoms with E-state index in [1.807, 2.05) is 18.2 Å². The standard InChI is InChI=1S/C16H14ClN3O5S/c17-12-4-1-3-11(9-12)10-26-8-7-18-16(21)15-13(19(22)23)5-2-6-14(15)20(24)25/h1-6,9H,7-8,10H2,(H,18,21). The molecule has 8 nitrogen and oxygen atoms in total. The van der Waals surface area contributed by atoms with Gasteiger partial charge in [0.2, 0.25) is 0 Å². The third kappa shape index (κ3) is 5.17. The first-order valence-electron chi connectivity index (χ1n) is 7.42. The lowest BCUT2D eigenvalue weighted by Gasteiger charge is -2.07. The maximum atomic E-state index is 12.2. The average Bonchev–Trinajstić information content (AvgIpc) is 2.60. The lowest BCUT2D eigenvalue weighted by atomic mass is 10.1. The molecule has 136 valence electrons. The molecule has 0 aromatic heterocycles. The first-order chi connectivity index (χ1) is 12.4. The van der Waals surface area contributed by atoms with E-state index in [4.69, 9.17) is 11.6 Å². The summed E-state index contributed by atoms with van der Waals surface area (Å²) in [5.41, 5.74) is -0.697. The lowest BCUT2D eigenvalue weighted by molar-refractivity contribution is -0.394. The van der Waals surface area contributed by atoms with Crippen LogP contribution in [0.5, 0.6) is 0 Å². The smallest absolute Gasteiger partial charge is 0.289 e. The molecule has 0 bridgehead atoms. The molecule has 2 aromatic rings. The Morgan fingerprint density at radius 1 is 1.08 bits per heavy atom. The number of carbonyl (C=O) groups excluding carboxylic acids is 1. The molecule has 0 aliphatic rings. The van der Waals surface area contributed by atoms with Crippen molar-refractivity contribution in [3.8, 4) is 0 Å². The van der Waals surface area contributed by atoms with Crippen LogP contribution in [-0.2, 0) is 5.75 Å². The van der Waals surface area contributed by atoms with Crippen LogP contribution in [0.2, 0.25) is 5.02 Å². The number of nitro groups is 2. The van der Waals surface area contributed by atoms with Crippen molar-refractivity contribution < 1.29 is 14.6 Å². The average molecular weight is 396 g/mol. The number of hydrogen-bond acceptors (Lipinski definition) is 6. The molecule has 0 saturated carbocycles. The minimum atomic E-state index is -0.840. The minimum absolute atomic E-state index is 0.216. The highest BCUT2D eigenvalue weighted by atomic mass is 35.5. The SMILES string of the molecule is O=C(NCCSCc1cccc(Cl)c1)c1c([N+](=O)[O-])cccc1[N+](=O)[O-]. The number of carbonyl (C=O) groups is 1. The van der Waals surface area contributed by atoms with E-state index in [9.17, 15) is 25.0 Å². The number of nitro benzene ring substituents is 2. The Balaban J connectivity index is 1.95. The summed E-state index contributed by atoms with van der Waals surface area (Å²) in [5.74, 6) is 0.377. The summed E-state index contributed by atoms with van der Waals surface area (Å²) >= 11 is 7.43. The zero-order chi connectivity index (χ0) is 19.1. The van der Waals surface area contributed by atoms with E-state index in [0.717, 1.165) is 17.7 Å². The zero-order valence-corrected chi connectivity index (χ0v) is 15.0. The molecule has 0 saturated heterocycles. The van der Waals surface area contributed by atoms with Crippen molar-refractivity contribution in [3.63, 3.8) is 0 Å². The van der Waals surface area contributed by atoms with Gasteiger partial charge in [0.1, 0.15) is 0 Å². The van der Waals surface area contributed by atoms with Gasteiger partial charge in [0.15, 0.2) is 5.56 Å². The fourth-order valence-corrected chi connectivity index (χ4v) is 3.23. The molecule has 0 atom stereocenters. The summed E-state index contributed by atoms with van der Waals surface area (Å²) in [6, 6.07) is 10.7. The van der Waals surface area contributed by atoms with E-state index in [-0.39, 0.29) is 6.54 Å². The number of hydrogen-bond donors (Lipinski definition) is 1. The van der Waals surface area contributed by atoms with Gasteiger partial charge in [-0.1, -0.05) is 23.7 Å². The molecule has 1 N–H and O–H groups in total. The molecule has 0 aliphatic heterocycles. The van der Waals surface area contributed by atoms with Gasteiger partial charge in [-0.2, -0.15) is 11.8 Å². The summed E-state index contributed by atoms with van der Waals surface area (Å²) in [4.78, 5) is 32.7. The van der Waals surface area contributed by atoms with E-state index in [1.54, 1.807) is 6.07 Å². The van der Waals surface area contributed by atoms with Gasteiger partial charge in [-0.3, -0.25) is 25.0 Å². The molecule has 26 heavy (non-hydrogen) atoms. The zero-order valence-electron chi connectivity index (χ0n) is 13.4. The van der Waals surface area contributed by atoms with Crippen molar-refractivity contribution in [1.82, 2.24) is 5.32 Å². The van der Waals surface area contributed by atoms with Gasteiger partial charge in [0.25, 0.3) is 17.3 Å². The van der Waals surface area contributed by atoms with Gasteiger partial charge in [0, 0.05) is 35.2 Å². The van der Waals surface area contributed by atoms with E-state index < -0.39 is 32.7 Å². The van der Waals surface area contributed by atoms with Gasteiger partial charge in [-0.15, -0.1) is 0 Å². The highest BCUT2D eigenvalue weighted by Gasteiger charge is 2.30.